The van der Waals surface area contributed by atoms with Crippen molar-refractivity contribution >= 4 is 23.1 Å². The van der Waals surface area contributed by atoms with Crippen molar-refractivity contribution in [1.29, 1.82) is 5.26 Å². The Kier molecular flexibility index (Phi) is 6.55. The molecule has 1 aliphatic rings. The standard InChI is InChI=1S/C26H31N5O2/c1-26(2,3)33-25(32)30-14-6-7-21(17-30)16-28-24-29-22-8-4-5-9-23(22)31(24)18-20-12-10-19(15-27)11-13-20/h4-5,8-13,21H,6-7,14,16-18H2,1-3H3,(H,28,29)/t21-/m0/s1. The van der Waals surface area contributed by atoms with E-state index in [2.05, 4.69) is 22.0 Å². The third-order valence-corrected chi connectivity index (χ3v) is 5.80. The van der Waals surface area contributed by atoms with Gasteiger partial charge in [-0.2, -0.15) is 5.26 Å². The largest absolute Gasteiger partial charge is 0.444 e. The van der Waals surface area contributed by atoms with Gasteiger partial charge in [-0.15, -0.1) is 0 Å². The summed E-state index contributed by atoms with van der Waals surface area (Å²) in [4.78, 5) is 19.1. The molecule has 1 aliphatic heterocycles. The van der Waals surface area contributed by atoms with Gasteiger partial charge >= 0.3 is 6.09 Å². The van der Waals surface area contributed by atoms with E-state index in [-0.39, 0.29) is 6.09 Å². The van der Waals surface area contributed by atoms with E-state index in [1.54, 1.807) is 0 Å². The molecule has 0 bridgehead atoms. The lowest BCUT2D eigenvalue weighted by atomic mass is 9.98. The number of likely N-dealkylation sites (tertiary alicyclic amines) is 1. The fourth-order valence-corrected chi connectivity index (χ4v) is 4.20. The number of hydrogen-bond donors (Lipinski definition) is 1. The summed E-state index contributed by atoms with van der Waals surface area (Å²) in [6.45, 7) is 8.49. The Morgan fingerprint density at radius 3 is 2.70 bits per heavy atom. The Morgan fingerprint density at radius 2 is 1.97 bits per heavy atom. The van der Waals surface area contributed by atoms with Crippen LogP contribution in [-0.4, -0.2) is 45.8 Å². The lowest BCUT2D eigenvalue weighted by molar-refractivity contribution is 0.0172. The van der Waals surface area contributed by atoms with Crippen LogP contribution in [0.25, 0.3) is 11.0 Å². The molecule has 1 N–H and O–H groups in total. The number of imidazole rings is 1. The molecule has 0 aliphatic carbocycles. The zero-order valence-corrected chi connectivity index (χ0v) is 19.5. The smallest absolute Gasteiger partial charge is 0.410 e. The molecule has 1 atom stereocenters. The number of carbonyl (C=O) groups is 1. The van der Waals surface area contributed by atoms with Crippen LogP contribution in [0.2, 0.25) is 0 Å². The Balaban J connectivity index is 1.47. The number of ether oxygens (including phenoxy) is 1. The highest BCUT2D eigenvalue weighted by Crippen LogP contribution is 2.24. The first-order chi connectivity index (χ1) is 15.8. The van der Waals surface area contributed by atoms with Crippen molar-refractivity contribution < 1.29 is 9.53 Å². The summed E-state index contributed by atoms with van der Waals surface area (Å²) in [6, 6.07) is 17.9. The van der Waals surface area contributed by atoms with E-state index >= 15 is 0 Å². The molecule has 1 saturated heterocycles. The number of nitrogens with one attached hydrogen (secondary N) is 1. The second kappa shape index (κ2) is 9.53. The predicted octanol–water partition coefficient (Wildman–Crippen LogP) is 5.02. The summed E-state index contributed by atoms with van der Waals surface area (Å²) in [5.41, 5.74) is 3.27. The summed E-state index contributed by atoms with van der Waals surface area (Å²) >= 11 is 0. The van der Waals surface area contributed by atoms with Gasteiger partial charge in [-0.05, 0) is 69.4 Å². The molecular formula is C26H31N5O2. The van der Waals surface area contributed by atoms with Gasteiger partial charge in [0.05, 0.1) is 29.2 Å². The van der Waals surface area contributed by atoms with Crippen LogP contribution in [0.3, 0.4) is 0 Å². The van der Waals surface area contributed by atoms with Crippen LogP contribution in [0.15, 0.2) is 48.5 Å². The number of para-hydroxylation sites is 2. The minimum atomic E-state index is -0.488. The SMILES string of the molecule is CC(C)(C)OC(=O)N1CCC[C@@H](CNc2nc3ccccc3n2Cc2ccc(C#N)cc2)C1. The molecule has 7 heteroatoms. The Bertz CT molecular complexity index is 1150. The number of hydrogen-bond acceptors (Lipinski definition) is 5. The van der Waals surface area contributed by atoms with Crippen molar-refractivity contribution in [2.24, 2.45) is 5.92 Å². The van der Waals surface area contributed by atoms with Gasteiger partial charge in [0.25, 0.3) is 0 Å². The zero-order valence-electron chi connectivity index (χ0n) is 19.5. The van der Waals surface area contributed by atoms with E-state index in [0.717, 1.165) is 48.5 Å². The lowest BCUT2D eigenvalue weighted by Gasteiger charge is -2.34. The minimum Gasteiger partial charge on any atom is -0.444 e. The quantitative estimate of drug-likeness (QED) is 0.596. The average Bonchev–Trinajstić information content (AvgIpc) is 3.14. The van der Waals surface area contributed by atoms with Crippen LogP contribution in [0.5, 0.6) is 0 Å². The number of carbonyl (C=O) groups excluding carboxylic acids is 1. The first-order valence-electron chi connectivity index (χ1n) is 11.5. The van der Waals surface area contributed by atoms with Crippen LogP contribution >= 0.6 is 0 Å². The topological polar surface area (TPSA) is 83.2 Å². The van der Waals surface area contributed by atoms with Gasteiger partial charge < -0.3 is 19.5 Å². The van der Waals surface area contributed by atoms with Gasteiger partial charge in [-0.3, -0.25) is 0 Å². The fraction of sp³-hybridized carbons (Fsp3) is 0.423. The number of rotatable bonds is 5. The summed E-state index contributed by atoms with van der Waals surface area (Å²) in [7, 11) is 0. The van der Waals surface area contributed by atoms with E-state index in [1.165, 1.54) is 0 Å². The van der Waals surface area contributed by atoms with Crippen LogP contribution in [0.1, 0.15) is 44.7 Å². The molecule has 0 unspecified atom stereocenters. The summed E-state index contributed by atoms with van der Waals surface area (Å²) in [5.74, 6) is 1.14. The molecule has 3 aromatic rings. The second-order valence-electron chi connectivity index (χ2n) is 9.63. The van der Waals surface area contributed by atoms with Crippen LogP contribution in [-0.2, 0) is 11.3 Å². The van der Waals surface area contributed by atoms with Gasteiger partial charge in [0, 0.05) is 19.6 Å². The highest BCUT2D eigenvalue weighted by atomic mass is 16.6. The first-order valence-corrected chi connectivity index (χ1v) is 11.5. The second-order valence-corrected chi connectivity index (χ2v) is 9.63. The molecule has 4 rings (SSSR count). The Morgan fingerprint density at radius 1 is 1.21 bits per heavy atom. The maximum Gasteiger partial charge on any atom is 0.410 e. The maximum absolute atomic E-state index is 12.5. The third-order valence-electron chi connectivity index (χ3n) is 5.80. The lowest BCUT2D eigenvalue weighted by Crippen LogP contribution is -2.44. The molecular weight excluding hydrogens is 414 g/mol. The number of piperidine rings is 1. The number of anilines is 1. The first kappa shape index (κ1) is 22.7. The van der Waals surface area contributed by atoms with E-state index < -0.39 is 5.60 Å². The molecule has 0 spiro atoms. The number of amides is 1. The van der Waals surface area contributed by atoms with E-state index in [0.29, 0.717) is 24.6 Å². The summed E-state index contributed by atoms with van der Waals surface area (Å²) in [5, 5.41) is 12.6. The normalized spacial score (nSPS) is 16.4. The molecule has 2 heterocycles. The Labute approximate surface area is 195 Å². The van der Waals surface area contributed by atoms with Crippen molar-refractivity contribution in [2.75, 3.05) is 25.0 Å². The Hall–Kier alpha value is -3.53. The van der Waals surface area contributed by atoms with Gasteiger partial charge in [0.1, 0.15) is 5.60 Å². The predicted molar refractivity (Wildman–Crippen MR) is 129 cm³/mol. The van der Waals surface area contributed by atoms with Crippen molar-refractivity contribution in [2.45, 2.75) is 45.8 Å². The van der Waals surface area contributed by atoms with Gasteiger partial charge in [-0.1, -0.05) is 24.3 Å². The highest BCUT2D eigenvalue weighted by Gasteiger charge is 2.27. The van der Waals surface area contributed by atoms with Crippen LogP contribution in [0, 0.1) is 17.2 Å². The summed E-state index contributed by atoms with van der Waals surface area (Å²) in [6.07, 6.45) is 1.79. The number of aromatic nitrogens is 2. The van der Waals surface area contributed by atoms with Gasteiger partial charge in [-0.25, -0.2) is 9.78 Å². The number of benzene rings is 2. The van der Waals surface area contributed by atoms with E-state index in [4.69, 9.17) is 15.0 Å². The summed E-state index contributed by atoms with van der Waals surface area (Å²) < 4.78 is 7.73. The number of fused-ring (bicyclic) bond motifs is 1. The van der Waals surface area contributed by atoms with Crippen LogP contribution in [0.4, 0.5) is 10.7 Å². The molecule has 1 aromatic heterocycles. The van der Waals surface area contributed by atoms with Crippen molar-refractivity contribution in [1.82, 2.24) is 14.5 Å². The molecule has 0 saturated carbocycles. The number of nitrogens with zero attached hydrogens (tertiary/aromatic N) is 4. The third kappa shape index (κ3) is 5.64. The van der Waals surface area contributed by atoms with Crippen molar-refractivity contribution in [3.05, 3.63) is 59.7 Å². The van der Waals surface area contributed by atoms with E-state index in [9.17, 15) is 4.79 Å². The highest BCUT2D eigenvalue weighted by molar-refractivity contribution is 5.78. The molecule has 1 fully saturated rings. The molecule has 7 nitrogen and oxygen atoms in total. The van der Waals surface area contributed by atoms with Crippen molar-refractivity contribution in [3.8, 4) is 6.07 Å². The van der Waals surface area contributed by atoms with Crippen molar-refractivity contribution in [3.63, 3.8) is 0 Å². The minimum absolute atomic E-state index is 0.236. The molecule has 172 valence electrons. The fourth-order valence-electron chi connectivity index (χ4n) is 4.20. The zero-order chi connectivity index (χ0) is 23.4. The molecule has 0 radical (unpaired) electrons. The monoisotopic (exact) mass is 445 g/mol. The average molecular weight is 446 g/mol. The van der Waals surface area contributed by atoms with Gasteiger partial charge in [0.15, 0.2) is 0 Å². The molecule has 2 aromatic carbocycles. The van der Waals surface area contributed by atoms with E-state index in [1.807, 2.05) is 68.1 Å². The van der Waals surface area contributed by atoms with Crippen LogP contribution < -0.4 is 5.32 Å². The molecule has 1 amide bonds. The number of nitriles is 1. The van der Waals surface area contributed by atoms with Gasteiger partial charge in [0.2, 0.25) is 5.95 Å². The maximum atomic E-state index is 12.5. The molecule has 33 heavy (non-hydrogen) atoms.